The molecule has 4 nitrogen and oxygen atoms in total. The maximum Gasteiger partial charge on any atom is 0.137 e. The van der Waals surface area contributed by atoms with Crippen molar-refractivity contribution in [2.45, 2.75) is 45.2 Å². The Kier molecular flexibility index (Phi) is 3.19. The molecule has 1 atom stereocenters. The molecule has 0 amide bonds. The first kappa shape index (κ1) is 12.5. The number of anilines is 1. The molecule has 1 unspecified atom stereocenters. The van der Waals surface area contributed by atoms with Crippen LogP contribution in [0.15, 0.2) is 24.5 Å². The Bertz CT molecular complexity index is 573. The van der Waals surface area contributed by atoms with Crippen LogP contribution in [0.1, 0.15) is 44.8 Å². The molecule has 1 fully saturated rings. The van der Waals surface area contributed by atoms with E-state index in [0.717, 1.165) is 11.3 Å². The van der Waals surface area contributed by atoms with Crippen molar-refractivity contribution in [2.24, 2.45) is 0 Å². The lowest BCUT2D eigenvalue weighted by Gasteiger charge is -2.37. The maximum atomic E-state index is 5.83. The SMILES string of the molecule is CC(C)N1CCCCC1c1cn2cc(N)ccc2n1. The van der Waals surface area contributed by atoms with Gasteiger partial charge in [-0.15, -0.1) is 0 Å². The quantitative estimate of drug-likeness (QED) is 0.901. The Hall–Kier alpha value is -1.55. The molecule has 3 rings (SSSR count). The Morgan fingerprint density at radius 3 is 2.89 bits per heavy atom. The summed E-state index contributed by atoms with van der Waals surface area (Å²) in [5.74, 6) is 0. The molecule has 3 heterocycles. The highest BCUT2D eigenvalue weighted by atomic mass is 15.2. The van der Waals surface area contributed by atoms with E-state index >= 15 is 0 Å². The van der Waals surface area contributed by atoms with Gasteiger partial charge in [-0.1, -0.05) is 6.42 Å². The van der Waals surface area contributed by atoms with Crippen LogP contribution in [0.4, 0.5) is 5.69 Å². The number of hydrogen-bond donors (Lipinski definition) is 1. The number of rotatable bonds is 2. The van der Waals surface area contributed by atoms with Crippen LogP contribution in [0.2, 0.25) is 0 Å². The van der Waals surface area contributed by atoms with Crippen molar-refractivity contribution in [3.63, 3.8) is 0 Å². The van der Waals surface area contributed by atoms with Gasteiger partial charge in [0.05, 0.1) is 11.7 Å². The van der Waals surface area contributed by atoms with Crippen LogP contribution in [0.25, 0.3) is 5.65 Å². The zero-order valence-corrected chi connectivity index (χ0v) is 11.7. The van der Waals surface area contributed by atoms with E-state index in [1.807, 2.05) is 22.7 Å². The van der Waals surface area contributed by atoms with Gasteiger partial charge in [-0.3, -0.25) is 4.90 Å². The summed E-state index contributed by atoms with van der Waals surface area (Å²) in [7, 11) is 0. The molecule has 2 aromatic rings. The van der Waals surface area contributed by atoms with Gasteiger partial charge in [0.15, 0.2) is 0 Å². The minimum atomic E-state index is 0.454. The number of likely N-dealkylation sites (tertiary alicyclic amines) is 1. The van der Waals surface area contributed by atoms with Crippen molar-refractivity contribution in [3.8, 4) is 0 Å². The molecule has 1 aliphatic heterocycles. The fourth-order valence-electron chi connectivity index (χ4n) is 3.08. The largest absolute Gasteiger partial charge is 0.398 e. The summed E-state index contributed by atoms with van der Waals surface area (Å²) in [5.41, 5.74) is 8.77. The van der Waals surface area contributed by atoms with E-state index in [0.29, 0.717) is 12.1 Å². The van der Waals surface area contributed by atoms with Gasteiger partial charge in [-0.2, -0.15) is 0 Å². The summed E-state index contributed by atoms with van der Waals surface area (Å²) in [6.45, 7) is 5.72. The molecule has 0 bridgehead atoms. The van der Waals surface area contributed by atoms with Crippen LogP contribution in [0.3, 0.4) is 0 Å². The highest BCUT2D eigenvalue weighted by molar-refractivity contribution is 5.48. The van der Waals surface area contributed by atoms with Crippen molar-refractivity contribution in [1.82, 2.24) is 14.3 Å². The molecule has 2 N–H and O–H groups in total. The van der Waals surface area contributed by atoms with E-state index < -0.39 is 0 Å². The first-order valence-corrected chi connectivity index (χ1v) is 7.15. The number of piperidine rings is 1. The minimum Gasteiger partial charge on any atom is -0.398 e. The molecular weight excluding hydrogens is 236 g/mol. The van der Waals surface area contributed by atoms with Gasteiger partial charge in [-0.05, 0) is 45.4 Å². The second kappa shape index (κ2) is 4.85. The van der Waals surface area contributed by atoms with Crippen molar-refractivity contribution in [1.29, 1.82) is 0 Å². The van der Waals surface area contributed by atoms with Crippen LogP contribution >= 0.6 is 0 Å². The van der Waals surface area contributed by atoms with Crippen molar-refractivity contribution in [2.75, 3.05) is 12.3 Å². The molecule has 1 aliphatic rings. The molecular formula is C15H22N4. The second-order valence-corrected chi connectivity index (χ2v) is 5.74. The zero-order valence-electron chi connectivity index (χ0n) is 11.7. The van der Waals surface area contributed by atoms with Crippen molar-refractivity contribution < 1.29 is 0 Å². The van der Waals surface area contributed by atoms with Crippen molar-refractivity contribution in [3.05, 3.63) is 30.2 Å². The van der Waals surface area contributed by atoms with E-state index in [1.54, 1.807) is 0 Å². The van der Waals surface area contributed by atoms with E-state index in [2.05, 4.69) is 24.9 Å². The lowest BCUT2D eigenvalue weighted by molar-refractivity contribution is 0.109. The van der Waals surface area contributed by atoms with Gasteiger partial charge in [0, 0.05) is 24.1 Å². The van der Waals surface area contributed by atoms with E-state index in [4.69, 9.17) is 10.7 Å². The molecule has 0 saturated carbocycles. The summed E-state index contributed by atoms with van der Waals surface area (Å²) < 4.78 is 2.04. The maximum absolute atomic E-state index is 5.83. The van der Waals surface area contributed by atoms with Crippen LogP contribution in [0, 0.1) is 0 Å². The summed E-state index contributed by atoms with van der Waals surface area (Å²) in [6, 6.07) is 4.92. The zero-order chi connectivity index (χ0) is 13.4. The molecule has 0 aliphatic carbocycles. The molecule has 102 valence electrons. The summed E-state index contributed by atoms with van der Waals surface area (Å²) in [4.78, 5) is 7.34. The first-order chi connectivity index (χ1) is 9.15. The lowest BCUT2D eigenvalue weighted by Crippen LogP contribution is -2.38. The lowest BCUT2D eigenvalue weighted by atomic mass is 9.98. The summed E-state index contributed by atoms with van der Waals surface area (Å²) >= 11 is 0. The van der Waals surface area contributed by atoms with Gasteiger partial charge in [0.25, 0.3) is 0 Å². The fourth-order valence-corrected chi connectivity index (χ4v) is 3.08. The van der Waals surface area contributed by atoms with Crippen molar-refractivity contribution >= 4 is 11.3 Å². The molecule has 0 aromatic carbocycles. The number of imidazole rings is 1. The number of nitrogens with zero attached hydrogens (tertiary/aromatic N) is 3. The highest BCUT2D eigenvalue weighted by Crippen LogP contribution is 2.32. The van der Waals surface area contributed by atoms with Crippen LogP contribution in [-0.2, 0) is 0 Å². The molecule has 0 spiro atoms. The minimum absolute atomic E-state index is 0.454. The average molecular weight is 258 g/mol. The third-order valence-corrected chi connectivity index (χ3v) is 4.04. The van der Waals surface area contributed by atoms with E-state index in [9.17, 15) is 0 Å². The topological polar surface area (TPSA) is 46.6 Å². The van der Waals surface area contributed by atoms with Gasteiger partial charge in [0.2, 0.25) is 0 Å². The molecule has 1 saturated heterocycles. The highest BCUT2D eigenvalue weighted by Gasteiger charge is 2.27. The smallest absolute Gasteiger partial charge is 0.137 e. The Labute approximate surface area is 114 Å². The molecule has 2 aromatic heterocycles. The Morgan fingerprint density at radius 1 is 1.26 bits per heavy atom. The van der Waals surface area contributed by atoms with Gasteiger partial charge in [0.1, 0.15) is 5.65 Å². The Balaban J connectivity index is 1.97. The van der Waals surface area contributed by atoms with Crippen LogP contribution < -0.4 is 5.73 Å². The number of nitrogen functional groups attached to an aromatic ring is 1. The van der Waals surface area contributed by atoms with Gasteiger partial charge in [-0.25, -0.2) is 4.98 Å². The normalized spacial score (nSPS) is 21.3. The number of hydrogen-bond acceptors (Lipinski definition) is 3. The average Bonchev–Trinajstić information content (AvgIpc) is 2.81. The third kappa shape index (κ3) is 2.32. The number of nitrogens with two attached hydrogens (primary N) is 1. The van der Waals surface area contributed by atoms with Gasteiger partial charge < -0.3 is 10.1 Å². The number of pyridine rings is 1. The van der Waals surface area contributed by atoms with Crippen LogP contribution in [-0.4, -0.2) is 26.9 Å². The second-order valence-electron chi connectivity index (χ2n) is 5.74. The van der Waals surface area contributed by atoms with E-state index in [1.165, 1.54) is 31.5 Å². The first-order valence-electron chi connectivity index (χ1n) is 7.15. The number of fused-ring (bicyclic) bond motifs is 1. The summed E-state index contributed by atoms with van der Waals surface area (Å²) in [6.07, 6.45) is 7.88. The fraction of sp³-hybridized carbons (Fsp3) is 0.533. The Morgan fingerprint density at radius 2 is 2.11 bits per heavy atom. The monoisotopic (exact) mass is 258 g/mol. The standard InChI is InChI=1S/C15H22N4/c1-11(2)19-8-4-3-5-14(19)13-10-18-9-12(16)6-7-15(18)17-13/h6-7,9-11,14H,3-5,8,16H2,1-2H3. The molecule has 19 heavy (non-hydrogen) atoms. The van der Waals surface area contributed by atoms with Crippen LogP contribution in [0.5, 0.6) is 0 Å². The molecule has 4 heteroatoms. The van der Waals surface area contributed by atoms with E-state index in [-0.39, 0.29) is 0 Å². The molecule has 0 radical (unpaired) electrons. The predicted octanol–water partition coefficient (Wildman–Crippen LogP) is 2.85. The predicted molar refractivity (Wildman–Crippen MR) is 78.0 cm³/mol. The van der Waals surface area contributed by atoms with Gasteiger partial charge >= 0.3 is 0 Å². The number of aromatic nitrogens is 2. The summed E-state index contributed by atoms with van der Waals surface area (Å²) in [5, 5.41) is 0. The third-order valence-electron chi connectivity index (χ3n) is 4.04.